The van der Waals surface area contributed by atoms with Crippen LogP contribution in [0.2, 0.25) is 0 Å². The SMILES string of the molecule is C=C(c1ccc(OC(F)(F)F)cc1)[C@H]1CO[C@@]2(C)C=CC(=O)C[C@H]2O1. The lowest BCUT2D eigenvalue weighted by molar-refractivity contribution is -0.274. The van der Waals surface area contributed by atoms with Crippen molar-refractivity contribution in [3.05, 3.63) is 48.6 Å². The Morgan fingerprint density at radius 3 is 2.64 bits per heavy atom. The van der Waals surface area contributed by atoms with E-state index in [0.29, 0.717) is 11.1 Å². The Morgan fingerprint density at radius 1 is 1.32 bits per heavy atom. The summed E-state index contributed by atoms with van der Waals surface area (Å²) in [6.07, 6.45) is -2.22. The Hall–Kier alpha value is -2.12. The highest BCUT2D eigenvalue weighted by atomic mass is 19.4. The molecule has 0 radical (unpaired) electrons. The van der Waals surface area contributed by atoms with Gasteiger partial charge in [-0.05, 0) is 42.3 Å². The largest absolute Gasteiger partial charge is 0.573 e. The van der Waals surface area contributed by atoms with Gasteiger partial charge < -0.3 is 14.2 Å². The Kier molecular flexibility index (Phi) is 4.47. The second-order valence-corrected chi connectivity index (χ2v) is 6.21. The molecule has 2 aliphatic rings. The van der Waals surface area contributed by atoms with Gasteiger partial charge in [0.05, 0.1) is 12.7 Å². The van der Waals surface area contributed by atoms with Crippen molar-refractivity contribution in [2.45, 2.75) is 37.5 Å². The lowest BCUT2D eigenvalue weighted by Crippen LogP contribution is -2.53. The topological polar surface area (TPSA) is 44.8 Å². The molecule has 0 aromatic heterocycles. The van der Waals surface area contributed by atoms with Crippen LogP contribution in [-0.4, -0.2) is 36.6 Å². The second kappa shape index (κ2) is 6.31. The molecular formula is C18H17F3O4. The van der Waals surface area contributed by atoms with Gasteiger partial charge in [0.25, 0.3) is 0 Å². The summed E-state index contributed by atoms with van der Waals surface area (Å²) in [7, 11) is 0. The molecule has 1 aromatic rings. The van der Waals surface area contributed by atoms with Crippen LogP contribution in [0.25, 0.3) is 5.57 Å². The normalized spacial score (nSPS) is 29.2. The van der Waals surface area contributed by atoms with Gasteiger partial charge in [-0.25, -0.2) is 0 Å². The summed E-state index contributed by atoms with van der Waals surface area (Å²) in [5.41, 5.74) is 0.529. The van der Waals surface area contributed by atoms with Crippen molar-refractivity contribution in [2.75, 3.05) is 6.61 Å². The van der Waals surface area contributed by atoms with E-state index in [0.717, 1.165) is 0 Å². The zero-order valence-corrected chi connectivity index (χ0v) is 13.5. The van der Waals surface area contributed by atoms with Gasteiger partial charge in [-0.1, -0.05) is 18.7 Å². The molecule has 134 valence electrons. The number of allylic oxidation sites excluding steroid dienone is 1. The highest BCUT2D eigenvalue weighted by molar-refractivity contribution is 5.91. The van der Waals surface area contributed by atoms with Gasteiger partial charge in [0.1, 0.15) is 17.5 Å². The summed E-state index contributed by atoms with van der Waals surface area (Å²) in [4.78, 5) is 11.6. The number of carbonyl (C=O) groups excluding carboxylic acids is 1. The van der Waals surface area contributed by atoms with Crippen molar-refractivity contribution < 1.29 is 32.2 Å². The molecule has 0 saturated carbocycles. The van der Waals surface area contributed by atoms with Gasteiger partial charge in [-0.3, -0.25) is 4.79 Å². The Balaban J connectivity index is 1.70. The molecule has 0 N–H and O–H groups in total. The van der Waals surface area contributed by atoms with Crippen molar-refractivity contribution in [1.29, 1.82) is 0 Å². The molecule has 1 heterocycles. The number of halogens is 3. The maximum absolute atomic E-state index is 12.2. The van der Waals surface area contributed by atoms with Crippen LogP contribution < -0.4 is 4.74 Å². The summed E-state index contributed by atoms with van der Waals surface area (Å²) in [6, 6.07) is 5.39. The Labute approximate surface area is 142 Å². The van der Waals surface area contributed by atoms with E-state index in [1.54, 1.807) is 6.08 Å². The Bertz CT molecular complexity index is 708. The molecule has 0 unspecified atom stereocenters. The molecule has 0 amide bonds. The first-order chi connectivity index (χ1) is 11.7. The summed E-state index contributed by atoms with van der Waals surface area (Å²) in [6.45, 7) is 6.05. The fourth-order valence-corrected chi connectivity index (χ4v) is 2.88. The molecule has 1 fully saturated rings. The quantitative estimate of drug-likeness (QED) is 0.831. The molecule has 1 aliphatic heterocycles. The molecule has 1 aromatic carbocycles. The number of alkyl halides is 3. The first kappa shape index (κ1) is 17.7. The monoisotopic (exact) mass is 354 g/mol. The highest BCUT2D eigenvalue weighted by Gasteiger charge is 2.44. The van der Waals surface area contributed by atoms with Crippen LogP contribution in [0.3, 0.4) is 0 Å². The van der Waals surface area contributed by atoms with E-state index in [4.69, 9.17) is 9.47 Å². The number of hydrogen-bond acceptors (Lipinski definition) is 4. The van der Waals surface area contributed by atoms with E-state index in [1.807, 2.05) is 6.92 Å². The number of ether oxygens (including phenoxy) is 3. The smallest absolute Gasteiger partial charge is 0.406 e. The number of benzene rings is 1. The lowest BCUT2D eigenvalue weighted by Gasteiger charge is -2.44. The third-order valence-corrected chi connectivity index (χ3v) is 4.35. The number of hydrogen-bond donors (Lipinski definition) is 0. The summed E-state index contributed by atoms with van der Waals surface area (Å²) in [5.74, 6) is -0.341. The summed E-state index contributed by atoms with van der Waals surface area (Å²) < 4.78 is 52.3. The van der Waals surface area contributed by atoms with Crippen LogP contribution >= 0.6 is 0 Å². The van der Waals surface area contributed by atoms with Gasteiger partial charge in [0.2, 0.25) is 0 Å². The van der Waals surface area contributed by atoms with E-state index < -0.39 is 24.2 Å². The molecule has 25 heavy (non-hydrogen) atoms. The molecule has 3 rings (SSSR count). The van der Waals surface area contributed by atoms with Crippen LogP contribution in [0.4, 0.5) is 13.2 Å². The fraction of sp³-hybridized carbons (Fsp3) is 0.389. The van der Waals surface area contributed by atoms with Crippen LogP contribution in [0.5, 0.6) is 5.75 Å². The van der Waals surface area contributed by atoms with Crippen LogP contribution in [-0.2, 0) is 14.3 Å². The van der Waals surface area contributed by atoms with Gasteiger partial charge >= 0.3 is 6.36 Å². The van der Waals surface area contributed by atoms with E-state index in [9.17, 15) is 18.0 Å². The predicted molar refractivity (Wildman–Crippen MR) is 83.9 cm³/mol. The average molecular weight is 354 g/mol. The molecule has 1 aliphatic carbocycles. The maximum atomic E-state index is 12.2. The van der Waals surface area contributed by atoms with Gasteiger partial charge in [0, 0.05) is 6.42 Å². The summed E-state index contributed by atoms with van der Waals surface area (Å²) in [5, 5.41) is 0. The number of fused-ring (bicyclic) bond motifs is 1. The number of carbonyl (C=O) groups is 1. The standard InChI is InChI=1S/C18H17F3O4/c1-11(12-3-5-14(6-4-12)25-18(19,20)21)15-10-23-17(2)8-7-13(22)9-16(17)24-15/h3-8,15-16H,1,9-10H2,2H3/t15-,16-,17+/m1/s1. The molecule has 3 atom stereocenters. The van der Waals surface area contributed by atoms with E-state index in [-0.39, 0.29) is 24.6 Å². The maximum Gasteiger partial charge on any atom is 0.573 e. The molecular weight excluding hydrogens is 337 g/mol. The molecule has 4 nitrogen and oxygen atoms in total. The van der Waals surface area contributed by atoms with Crippen LogP contribution in [0.1, 0.15) is 18.9 Å². The van der Waals surface area contributed by atoms with Gasteiger partial charge in [0.15, 0.2) is 5.78 Å². The minimum absolute atomic E-state index is 0.0361. The van der Waals surface area contributed by atoms with Crippen LogP contribution in [0, 0.1) is 0 Å². The Morgan fingerprint density at radius 2 is 2.00 bits per heavy atom. The lowest BCUT2D eigenvalue weighted by atomic mass is 9.87. The highest BCUT2D eigenvalue weighted by Crippen LogP contribution is 2.36. The van der Waals surface area contributed by atoms with Gasteiger partial charge in [-0.2, -0.15) is 0 Å². The van der Waals surface area contributed by atoms with Crippen molar-refractivity contribution in [1.82, 2.24) is 0 Å². The number of rotatable bonds is 3. The van der Waals surface area contributed by atoms with Crippen molar-refractivity contribution in [3.63, 3.8) is 0 Å². The van der Waals surface area contributed by atoms with Crippen molar-refractivity contribution in [2.24, 2.45) is 0 Å². The minimum atomic E-state index is -4.73. The minimum Gasteiger partial charge on any atom is -0.406 e. The third kappa shape index (κ3) is 3.93. The molecule has 0 spiro atoms. The predicted octanol–water partition coefficient (Wildman–Crippen LogP) is 3.67. The first-order valence-corrected chi connectivity index (χ1v) is 7.73. The van der Waals surface area contributed by atoms with E-state index in [2.05, 4.69) is 11.3 Å². The summed E-state index contributed by atoms with van der Waals surface area (Å²) >= 11 is 0. The van der Waals surface area contributed by atoms with Crippen LogP contribution in [0.15, 0.2) is 43.0 Å². The van der Waals surface area contributed by atoms with Crippen molar-refractivity contribution >= 4 is 11.4 Å². The first-order valence-electron chi connectivity index (χ1n) is 7.73. The zero-order valence-electron chi connectivity index (χ0n) is 13.5. The van der Waals surface area contributed by atoms with Crippen molar-refractivity contribution in [3.8, 4) is 5.75 Å². The van der Waals surface area contributed by atoms with Gasteiger partial charge in [-0.15, -0.1) is 13.2 Å². The van der Waals surface area contributed by atoms with E-state index >= 15 is 0 Å². The average Bonchev–Trinajstić information content (AvgIpc) is 2.54. The fourth-order valence-electron chi connectivity index (χ4n) is 2.88. The van der Waals surface area contributed by atoms with E-state index in [1.165, 1.54) is 30.3 Å². The molecule has 1 saturated heterocycles. The third-order valence-electron chi connectivity index (χ3n) is 4.35. The zero-order chi connectivity index (χ0) is 18.2. The number of ketones is 1. The second-order valence-electron chi connectivity index (χ2n) is 6.21. The molecule has 7 heteroatoms. The molecule has 0 bridgehead atoms.